The van der Waals surface area contributed by atoms with Crippen LogP contribution in [-0.2, 0) is 0 Å². The topological polar surface area (TPSA) is 26.0 Å². The highest BCUT2D eigenvalue weighted by Crippen LogP contribution is 2.07. The van der Waals surface area contributed by atoms with Crippen LogP contribution >= 0.6 is 0 Å². The van der Waals surface area contributed by atoms with Crippen molar-refractivity contribution < 1.29 is 4.39 Å². The number of rotatable bonds is 1. The van der Waals surface area contributed by atoms with Gasteiger partial charge in [-0.05, 0) is 0 Å². The van der Waals surface area contributed by atoms with Crippen molar-refractivity contribution in [2.24, 2.45) is 5.73 Å². The Morgan fingerprint density at radius 1 is 1.30 bits per heavy atom. The Kier molecular flexibility index (Phi) is 2.07. The molecule has 1 aromatic rings. The first-order valence-corrected chi connectivity index (χ1v) is 2.95. The van der Waals surface area contributed by atoms with E-state index >= 15 is 0 Å². The monoisotopic (exact) mass is 135 g/mol. The minimum Gasteiger partial charge on any atom is -0.298 e. The van der Waals surface area contributed by atoms with Crippen molar-refractivity contribution >= 4 is 13.3 Å². The smallest absolute Gasteiger partial charge is 0.174 e. The lowest BCUT2D eigenvalue weighted by Crippen LogP contribution is -2.06. The van der Waals surface area contributed by atoms with E-state index in [2.05, 4.69) is 0 Å². The lowest BCUT2D eigenvalue weighted by molar-refractivity contribution is 0.356. The molecule has 0 spiro atoms. The van der Waals surface area contributed by atoms with Crippen molar-refractivity contribution in [1.29, 1.82) is 0 Å². The highest BCUT2D eigenvalue weighted by molar-refractivity contribution is 6.32. The second-order valence-corrected chi connectivity index (χ2v) is 2.07. The second-order valence-electron chi connectivity index (χ2n) is 2.07. The van der Waals surface area contributed by atoms with Crippen LogP contribution in [0.25, 0.3) is 0 Å². The predicted octanol–water partition coefficient (Wildman–Crippen LogP) is 0.407. The zero-order valence-corrected chi connectivity index (χ0v) is 5.42. The van der Waals surface area contributed by atoms with Crippen LogP contribution in [-0.4, -0.2) is 7.85 Å². The van der Waals surface area contributed by atoms with Crippen LogP contribution in [0.1, 0.15) is 11.9 Å². The maximum absolute atomic E-state index is 12.3. The molecule has 0 saturated heterocycles. The molecule has 1 unspecified atom stereocenters. The zero-order valence-electron chi connectivity index (χ0n) is 5.42. The average molecular weight is 135 g/mol. The number of halogens is 1. The van der Waals surface area contributed by atoms with Gasteiger partial charge in [-0.15, -0.1) is 0 Å². The molecule has 0 fully saturated rings. The Hall–Kier alpha value is -0.825. The first-order valence-electron chi connectivity index (χ1n) is 2.95. The molecule has 0 aliphatic heterocycles. The summed E-state index contributed by atoms with van der Waals surface area (Å²) in [6.07, 6.45) is -1.40. The van der Waals surface area contributed by atoms with Gasteiger partial charge >= 0.3 is 0 Å². The van der Waals surface area contributed by atoms with Crippen LogP contribution in [0.4, 0.5) is 4.39 Å². The first-order chi connectivity index (χ1) is 4.70. The number of hydrogen-bond acceptors (Lipinski definition) is 1. The van der Waals surface area contributed by atoms with Gasteiger partial charge in [0.1, 0.15) is 7.85 Å². The maximum Gasteiger partial charge on any atom is 0.174 e. The Labute approximate surface area is 60.5 Å². The second kappa shape index (κ2) is 2.84. The molecule has 1 aromatic carbocycles. The molecule has 1 rings (SSSR count). The summed E-state index contributed by atoms with van der Waals surface area (Å²) in [6.45, 7) is 0. The zero-order chi connectivity index (χ0) is 7.56. The highest BCUT2D eigenvalue weighted by atomic mass is 19.1. The summed E-state index contributed by atoms with van der Waals surface area (Å²) in [5.74, 6) is 0. The molecule has 10 heavy (non-hydrogen) atoms. The molecule has 1 atom stereocenters. The number of hydrogen-bond donors (Lipinski definition) is 1. The van der Waals surface area contributed by atoms with E-state index in [1.54, 1.807) is 24.3 Å². The van der Waals surface area contributed by atoms with Crippen LogP contribution in [0.5, 0.6) is 0 Å². The summed E-state index contributed by atoms with van der Waals surface area (Å²) in [4.78, 5) is 0. The van der Waals surface area contributed by atoms with Gasteiger partial charge in [-0.25, -0.2) is 4.39 Å². The van der Waals surface area contributed by atoms with Gasteiger partial charge in [0.15, 0.2) is 6.30 Å². The maximum atomic E-state index is 12.3. The van der Waals surface area contributed by atoms with Gasteiger partial charge in [-0.2, -0.15) is 0 Å². The fourth-order valence-corrected chi connectivity index (χ4v) is 0.680. The first kappa shape index (κ1) is 7.28. The van der Waals surface area contributed by atoms with E-state index in [0.29, 0.717) is 11.0 Å². The summed E-state index contributed by atoms with van der Waals surface area (Å²) in [7, 11) is 5.36. The van der Waals surface area contributed by atoms with E-state index in [0.717, 1.165) is 0 Å². The van der Waals surface area contributed by atoms with Gasteiger partial charge in [0.25, 0.3) is 0 Å². The Morgan fingerprint density at radius 2 is 1.80 bits per heavy atom. The quantitative estimate of drug-likeness (QED) is 0.437. The Bertz CT molecular complexity index is 207. The number of nitrogens with two attached hydrogens (primary N) is 1. The van der Waals surface area contributed by atoms with Crippen LogP contribution in [0.15, 0.2) is 24.3 Å². The number of alkyl halides is 1. The molecule has 0 bridgehead atoms. The molecule has 0 aliphatic carbocycles. The molecule has 2 radical (unpaired) electrons. The van der Waals surface area contributed by atoms with E-state index in [-0.39, 0.29) is 0 Å². The molecule has 0 aliphatic rings. The van der Waals surface area contributed by atoms with E-state index in [1.165, 1.54) is 0 Å². The Morgan fingerprint density at radius 3 is 2.20 bits per heavy atom. The van der Waals surface area contributed by atoms with E-state index in [4.69, 9.17) is 13.6 Å². The van der Waals surface area contributed by atoms with E-state index < -0.39 is 6.30 Å². The van der Waals surface area contributed by atoms with Crippen molar-refractivity contribution in [3.63, 3.8) is 0 Å². The third-order valence-corrected chi connectivity index (χ3v) is 1.25. The fraction of sp³-hybridized carbons (Fsp3) is 0.143. The summed E-state index contributed by atoms with van der Waals surface area (Å²) in [6, 6.07) is 6.38. The normalized spacial score (nSPS) is 13.0. The SMILES string of the molecule is [B]c1ccc(C(N)F)cc1. The summed E-state index contributed by atoms with van der Waals surface area (Å²) >= 11 is 0. The molecule has 50 valence electrons. The fourth-order valence-electron chi connectivity index (χ4n) is 0.680. The van der Waals surface area contributed by atoms with Gasteiger partial charge in [0.2, 0.25) is 0 Å². The lowest BCUT2D eigenvalue weighted by Gasteiger charge is -2.00. The molecular formula is C7H7BFN. The van der Waals surface area contributed by atoms with Crippen LogP contribution in [0.2, 0.25) is 0 Å². The van der Waals surface area contributed by atoms with Gasteiger partial charge in [-0.1, -0.05) is 29.7 Å². The third-order valence-electron chi connectivity index (χ3n) is 1.25. The molecule has 3 heteroatoms. The molecular weight excluding hydrogens is 128 g/mol. The standard InChI is InChI=1S/C7H7BFN/c8-6-3-1-5(2-4-6)7(9)10/h1-4,7H,10H2. The van der Waals surface area contributed by atoms with Crippen molar-refractivity contribution in [3.8, 4) is 0 Å². The molecule has 0 amide bonds. The summed E-state index contributed by atoms with van der Waals surface area (Å²) in [5, 5.41) is 0. The molecule has 0 aromatic heterocycles. The van der Waals surface area contributed by atoms with E-state index in [1.807, 2.05) is 0 Å². The molecule has 2 N–H and O–H groups in total. The molecule has 1 nitrogen and oxygen atoms in total. The minimum absolute atomic E-state index is 0.453. The van der Waals surface area contributed by atoms with Gasteiger partial charge < -0.3 is 0 Å². The number of benzene rings is 1. The van der Waals surface area contributed by atoms with Gasteiger partial charge in [0.05, 0.1) is 0 Å². The van der Waals surface area contributed by atoms with Gasteiger partial charge in [-0.3, -0.25) is 5.73 Å². The summed E-state index contributed by atoms with van der Waals surface area (Å²) in [5.41, 5.74) is 6.02. The molecule has 0 heterocycles. The van der Waals surface area contributed by atoms with Crippen molar-refractivity contribution in [3.05, 3.63) is 29.8 Å². The largest absolute Gasteiger partial charge is 0.298 e. The lowest BCUT2D eigenvalue weighted by atomic mass is 9.95. The highest BCUT2D eigenvalue weighted by Gasteiger charge is 1.99. The van der Waals surface area contributed by atoms with Gasteiger partial charge in [0, 0.05) is 5.56 Å². The van der Waals surface area contributed by atoms with Crippen LogP contribution in [0, 0.1) is 0 Å². The van der Waals surface area contributed by atoms with Crippen molar-refractivity contribution in [2.75, 3.05) is 0 Å². The average Bonchev–Trinajstić information content (AvgIpc) is 1.88. The van der Waals surface area contributed by atoms with Crippen LogP contribution in [0.3, 0.4) is 0 Å². The van der Waals surface area contributed by atoms with E-state index in [9.17, 15) is 4.39 Å². The minimum atomic E-state index is -1.40. The van der Waals surface area contributed by atoms with Crippen LogP contribution < -0.4 is 11.2 Å². The predicted molar refractivity (Wildman–Crippen MR) is 39.9 cm³/mol. The van der Waals surface area contributed by atoms with Crippen molar-refractivity contribution in [1.82, 2.24) is 0 Å². The Balaban J connectivity index is 2.89. The van der Waals surface area contributed by atoms with Crippen molar-refractivity contribution in [2.45, 2.75) is 6.30 Å². The third kappa shape index (κ3) is 1.58. The summed E-state index contributed by atoms with van der Waals surface area (Å²) < 4.78 is 12.3. The molecule has 0 saturated carbocycles.